The van der Waals surface area contributed by atoms with Crippen molar-refractivity contribution >= 4 is 5.91 Å². The minimum atomic E-state index is -0.276. The molecule has 0 aliphatic rings. The Morgan fingerprint density at radius 2 is 1.87 bits per heavy atom. The van der Waals surface area contributed by atoms with Crippen LogP contribution in [0.1, 0.15) is 19.4 Å². The third-order valence-corrected chi connectivity index (χ3v) is 3.73. The Labute approximate surface area is 135 Å². The Bertz CT molecular complexity index is 707. The highest BCUT2D eigenvalue weighted by Gasteiger charge is 2.17. The van der Waals surface area contributed by atoms with Gasteiger partial charge in [-0.2, -0.15) is 0 Å². The largest absolute Gasteiger partial charge is 0.351 e. The van der Waals surface area contributed by atoms with E-state index in [4.69, 9.17) is 0 Å². The number of amides is 1. The fourth-order valence-corrected chi connectivity index (χ4v) is 2.33. The fourth-order valence-electron chi connectivity index (χ4n) is 2.33. The molecule has 0 aliphatic carbocycles. The molecule has 1 atom stereocenters. The van der Waals surface area contributed by atoms with E-state index >= 15 is 0 Å². The number of nitrogens with zero attached hydrogens (tertiary/aromatic N) is 1. The van der Waals surface area contributed by atoms with Gasteiger partial charge in [-0.25, -0.2) is 4.39 Å². The normalized spacial score (nSPS) is 12.2. The molecule has 2 aromatic rings. The van der Waals surface area contributed by atoms with E-state index in [1.54, 1.807) is 30.5 Å². The molecule has 0 spiro atoms. The van der Waals surface area contributed by atoms with Crippen LogP contribution in [-0.4, -0.2) is 16.5 Å². The minimum absolute atomic E-state index is 0.00763. The summed E-state index contributed by atoms with van der Waals surface area (Å²) in [5, 5.41) is 2.96. The molecule has 1 heterocycles. The first-order valence-electron chi connectivity index (χ1n) is 7.65. The van der Waals surface area contributed by atoms with Crippen molar-refractivity contribution < 1.29 is 9.18 Å². The van der Waals surface area contributed by atoms with Gasteiger partial charge < -0.3 is 9.88 Å². The topological polar surface area (TPSA) is 51.1 Å². The third-order valence-electron chi connectivity index (χ3n) is 3.73. The SMILES string of the molecule is CC(C)[C@H](Cc1ccc(F)cc1)NC(=O)Cn1ccccc1=O. The zero-order valence-corrected chi connectivity index (χ0v) is 13.3. The molecule has 0 saturated carbocycles. The molecule has 0 unspecified atom stereocenters. The van der Waals surface area contributed by atoms with E-state index < -0.39 is 0 Å². The van der Waals surface area contributed by atoms with Crippen molar-refractivity contribution in [1.82, 2.24) is 9.88 Å². The van der Waals surface area contributed by atoms with Crippen LogP contribution in [0.5, 0.6) is 0 Å². The van der Waals surface area contributed by atoms with Gasteiger partial charge in [0.2, 0.25) is 5.91 Å². The Morgan fingerprint density at radius 1 is 1.17 bits per heavy atom. The molecule has 0 saturated heterocycles. The van der Waals surface area contributed by atoms with Gasteiger partial charge in [-0.1, -0.05) is 32.0 Å². The average molecular weight is 316 g/mol. The van der Waals surface area contributed by atoms with E-state index in [0.717, 1.165) is 5.56 Å². The highest BCUT2D eigenvalue weighted by atomic mass is 19.1. The van der Waals surface area contributed by atoms with E-state index in [1.165, 1.54) is 22.8 Å². The number of carbonyl (C=O) groups excluding carboxylic acids is 1. The molecule has 2 rings (SSSR count). The Hall–Kier alpha value is -2.43. The second kappa shape index (κ2) is 7.72. The lowest BCUT2D eigenvalue weighted by atomic mass is 9.96. The molecule has 0 radical (unpaired) electrons. The molecule has 122 valence electrons. The molecule has 1 amide bonds. The number of pyridine rings is 1. The summed E-state index contributed by atoms with van der Waals surface area (Å²) in [7, 11) is 0. The lowest BCUT2D eigenvalue weighted by Gasteiger charge is -2.23. The van der Waals surface area contributed by atoms with Gasteiger partial charge in [-0.05, 0) is 36.1 Å². The number of nitrogens with one attached hydrogen (secondary N) is 1. The second-order valence-corrected chi connectivity index (χ2v) is 5.92. The summed E-state index contributed by atoms with van der Waals surface area (Å²) < 4.78 is 14.3. The number of hydrogen-bond donors (Lipinski definition) is 1. The molecule has 4 nitrogen and oxygen atoms in total. The van der Waals surface area contributed by atoms with Gasteiger partial charge in [0.15, 0.2) is 0 Å². The Kier molecular flexibility index (Phi) is 5.68. The summed E-state index contributed by atoms with van der Waals surface area (Å²) in [5.41, 5.74) is 0.754. The summed E-state index contributed by atoms with van der Waals surface area (Å²) >= 11 is 0. The predicted molar refractivity (Wildman–Crippen MR) is 87.6 cm³/mol. The highest BCUT2D eigenvalue weighted by molar-refractivity contribution is 5.76. The van der Waals surface area contributed by atoms with Gasteiger partial charge in [-0.15, -0.1) is 0 Å². The van der Waals surface area contributed by atoms with Crippen LogP contribution in [0.25, 0.3) is 0 Å². The molecular weight excluding hydrogens is 295 g/mol. The van der Waals surface area contributed by atoms with Crippen LogP contribution in [0.4, 0.5) is 4.39 Å². The smallest absolute Gasteiger partial charge is 0.250 e. The first kappa shape index (κ1) is 16.9. The average Bonchev–Trinajstić information content (AvgIpc) is 2.51. The lowest BCUT2D eigenvalue weighted by Crippen LogP contribution is -2.42. The highest BCUT2D eigenvalue weighted by Crippen LogP contribution is 2.11. The molecule has 1 aromatic carbocycles. The fraction of sp³-hybridized carbons (Fsp3) is 0.333. The summed E-state index contributed by atoms with van der Waals surface area (Å²) in [6.07, 6.45) is 2.21. The zero-order chi connectivity index (χ0) is 16.8. The van der Waals surface area contributed by atoms with Crippen molar-refractivity contribution in [2.75, 3.05) is 0 Å². The van der Waals surface area contributed by atoms with Gasteiger partial charge in [0.05, 0.1) is 0 Å². The van der Waals surface area contributed by atoms with Gasteiger partial charge in [0.1, 0.15) is 12.4 Å². The number of hydrogen-bond acceptors (Lipinski definition) is 2. The van der Waals surface area contributed by atoms with E-state index in [-0.39, 0.29) is 35.8 Å². The second-order valence-electron chi connectivity index (χ2n) is 5.92. The van der Waals surface area contributed by atoms with Crippen LogP contribution >= 0.6 is 0 Å². The molecule has 23 heavy (non-hydrogen) atoms. The number of carbonyl (C=O) groups is 1. The standard InChI is InChI=1S/C18H21FN2O2/c1-13(2)16(11-14-6-8-15(19)9-7-14)20-17(22)12-21-10-4-3-5-18(21)23/h3-10,13,16H,11-12H2,1-2H3,(H,20,22)/t16-/m0/s1. The number of halogens is 1. The van der Waals surface area contributed by atoms with Crippen LogP contribution in [0.15, 0.2) is 53.5 Å². The Morgan fingerprint density at radius 3 is 2.48 bits per heavy atom. The van der Waals surface area contributed by atoms with Crippen molar-refractivity contribution in [3.05, 3.63) is 70.4 Å². The van der Waals surface area contributed by atoms with Crippen LogP contribution < -0.4 is 10.9 Å². The van der Waals surface area contributed by atoms with Crippen molar-refractivity contribution in [2.24, 2.45) is 5.92 Å². The minimum Gasteiger partial charge on any atom is -0.351 e. The first-order chi connectivity index (χ1) is 11.0. The Balaban J connectivity index is 2.01. The van der Waals surface area contributed by atoms with Crippen LogP contribution in [-0.2, 0) is 17.8 Å². The van der Waals surface area contributed by atoms with Gasteiger partial charge >= 0.3 is 0 Å². The van der Waals surface area contributed by atoms with Crippen LogP contribution in [0, 0.1) is 11.7 Å². The van der Waals surface area contributed by atoms with Crippen molar-refractivity contribution in [3.8, 4) is 0 Å². The van der Waals surface area contributed by atoms with Gasteiger partial charge in [0, 0.05) is 18.3 Å². The number of rotatable bonds is 6. The molecule has 5 heteroatoms. The summed E-state index contributed by atoms with van der Waals surface area (Å²) in [4.78, 5) is 23.8. The molecular formula is C18H21FN2O2. The van der Waals surface area contributed by atoms with Gasteiger partial charge in [0.25, 0.3) is 5.56 Å². The van der Waals surface area contributed by atoms with E-state index in [1.807, 2.05) is 13.8 Å². The summed E-state index contributed by atoms with van der Waals surface area (Å²) in [6.45, 7) is 4.03. The molecule has 0 bridgehead atoms. The maximum atomic E-state index is 13.0. The van der Waals surface area contributed by atoms with E-state index in [0.29, 0.717) is 6.42 Å². The molecule has 1 N–H and O–H groups in total. The quantitative estimate of drug-likeness (QED) is 0.889. The first-order valence-corrected chi connectivity index (χ1v) is 7.65. The summed E-state index contributed by atoms with van der Waals surface area (Å²) in [5.74, 6) is -0.266. The van der Waals surface area contributed by atoms with Crippen LogP contribution in [0.2, 0.25) is 0 Å². The van der Waals surface area contributed by atoms with Crippen molar-refractivity contribution in [3.63, 3.8) is 0 Å². The molecule has 0 fully saturated rings. The van der Waals surface area contributed by atoms with Crippen molar-refractivity contribution in [2.45, 2.75) is 32.9 Å². The van der Waals surface area contributed by atoms with Crippen molar-refractivity contribution in [1.29, 1.82) is 0 Å². The third kappa shape index (κ3) is 5.06. The van der Waals surface area contributed by atoms with E-state index in [2.05, 4.69) is 5.32 Å². The predicted octanol–water partition coefficient (Wildman–Crippen LogP) is 2.37. The number of benzene rings is 1. The summed E-state index contributed by atoms with van der Waals surface area (Å²) in [6, 6.07) is 11.0. The van der Waals surface area contributed by atoms with E-state index in [9.17, 15) is 14.0 Å². The number of aromatic nitrogens is 1. The lowest BCUT2D eigenvalue weighted by molar-refractivity contribution is -0.122. The maximum Gasteiger partial charge on any atom is 0.250 e. The zero-order valence-electron chi connectivity index (χ0n) is 13.3. The molecule has 1 aromatic heterocycles. The molecule has 0 aliphatic heterocycles. The van der Waals surface area contributed by atoms with Crippen LogP contribution in [0.3, 0.4) is 0 Å². The monoisotopic (exact) mass is 316 g/mol. The maximum absolute atomic E-state index is 13.0. The van der Waals surface area contributed by atoms with Gasteiger partial charge in [-0.3, -0.25) is 9.59 Å².